The molecule has 2 N–H and O–H groups in total. The van der Waals surface area contributed by atoms with Gasteiger partial charge in [-0.25, -0.2) is 0 Å². The first-order valence-corrected chi connectivity index (χ1v) is 7.95. The Morgan fingerprint density at radius 1 is 1.29 bits per heavy atom. The van der Waals surface area contributed by atoms with Crippen molar-refractivity contribution in [2.24, 2.45) is 17.6 Å². The number of nitrogens with zero attached hydrogens (tertiary/aromatic N) is 1. The van der Waals surface area contributed by atoms with Gasteiger partial charge in [0, 0.05) is 19.1 Å². The number of benzene rings is 1. The van der Waals surface area contributed by atoms with Gasteiger partial charge >= 0.3 is 0 Å². The molecule has 1 saturated heterocycles. The fraction of sp³-hybridized carbons (Fsp3) is 0.588. The van der Waals surface area contributed by atoms with E-state index in [2.05, 4.69) is 0 Å². The van der Waals surface area contributed by atoms with E-state index in [1.54, 1.807) is 0 Å². The number of ether oxygens (including phenoxy) is 1. The van der Waals surface area contributed by atoms with E-state index in [1.807, 2.05) is 36.1 Å². The van der Waals surface area contributed by atoms with Crippen molar-refractivity contribution in [3.63, 3.8) is 0 Å². The van der Waals surface area contributed by atoms with Gasteiger partial charge in [-0.1, -0.05) is 12.1 Å². The normalized spacial score (nSPS) is 28.3. The Hall–Kier alpha value is -1.55. The first-order valence-electron chi connectivity index (χ1n) is 7.95. The number of likely N-dealkylation sites (tertiary alicyclic amines) is 1. The number of carbonyl (C=O) groups is 1. The summed E-state index contributed by atoms with van der Waals surface area (Å²) in [6.45, 7) is 4.23. The van der Waals surface area contributed by atoms with Crippen molar-refractivity contribution in [2.75, 3.05) is 19.7 Å². The quantitative estimate of drug-likeness (QED) is 0.928. The average molecular weight is 288 g/mol. The number of amides is 1. The van der Waals surface area contributed by atoms with Crippen LogP contribution in [0.25, 0.3) is 0 Å². The van der Waals surface area contributed by atoms with Crippen molar-refractivity contribution in [2.45, 2.75) is 32.2 Å². The molecule has 3 atom stereocenters. The Morgan fingerprint density at radius 3 is 2.86 bits per heavy atom. The zero-order chi connectivity index (χ0) is 14.8. The van der Waals surface area contributed by atoms with Crippen LogP contribution in [0.2, 0.25) is 0 Å². The summed E-state index contributed by atoms with van der Waals surface area (Å²) in [5, 5.41) is 0. The third kappa shape index (κ3) is 2.91. The molecule has 1 unspecified atom stereocenters. The average Bonchev–Trinajstić information content (AvgIpc) is 2.90. The number of nitrogens with two attached hydrogens (primary N) is 1. The molecule has 4 nitrogen and oxygen atoms in total. The molecular formula is C17H24N2O2. The van der Waals surface area contributed by atoms with Crippen LogP contribution in [-0.2, 0) is 0 Å². The number of para-hydroxylation sites is 1. The molecule has 0 aromatic heterocycles. The molecular weight excluding hydrogens is 264 g/mol. The maximum absolute atomic E-state index is 12.8. The summed E-state index contributed by atoms with van der Waals surface area (Å²) in [4.78, 5) is 14.8. The van der Waals surface area contributed by atoms with Crippen LogP contribution >= 0.6 is 0 Å². The molecule has 1 aliphatic carbocycles. The highest BCUT2D eigenvalue weighted by molar-refractivity contribution is 5.97. The number of hydrogen-bond donors (Lipinski definition) is 1. The Morgan fingerprint density at radius 2 is 2.05 bits per heavy atom. The summed E-state index contributed by atoms with van der Waals surface area (Å²) in [6.07, 6.45) is 3.31. The van der Waals surface area contributed by atoms with E-state index in [0.717, 1.165) is 32.4 Å². The molecule has 114 valence electrons. The van der Waals surface area contributed by atoms with Crippen molar-refractivity contribution < 1.29 is 9.53 Å². The van der Waals surface area contributed by atoms with Crippen LogP contribution in [0.3, 0.4) is 0 Å². The van der Waals surface area contributed by atoms with Gasteiger partial charge in [-0.15, -0.1) is 0 Å². The van der Waals surface area contributed by atoms with Crippen molar-refractivity contribution >= 4 is 5.91 Å². The topological polar surface area (TPSA) is 55.6 Å². The highest BCUT2D eigenvalue weighted by Crippen LogP contribution is 2.36. The highest BCUT2D eigenvalue weighted by atomic mass is 16.5. The van der Waals surface area contributed by atoms with Crippen LogP contribution in [0.15, 0.2) is 24.3 Å². The predicted octanol–water partition coefficient (Wildman–Crippen LogP) is 2.28. The van der Waals surface area contributed by atoms with E-state index < -0.39 is 0 Å². The Kier molecular flexibility index (Phi) is 4.15. The zero-order valence-electron chi connectivity index (χ0n) is 12.6. The van der Waals surface area contributed by atoms with Crippen LogP contribution in [0.4, 0.5) is 0 Å². The molecule has 0 bridgehead atoms. The van der Waals surface area contributed by atoms with Crippen molar-refractivity contribution in [1.29, 1.82) is 0 Å². The molecule has 1 aromatic carbocycles. The Bertz CT molecular complexity index is 517. The molecule has 1 aliphatic heterocycles. The number of hydrogen-bond acceptors (Lipinski definition) is 3. The minimum absolute atomic E-state index is 0.0991. The van der Waals surface area contributed by atoms with Gasteiger partial charge in [-0.05, 0) is 50.2 Å². The molecule has 1 saturated carbocycles. The second kappa shape index (κ2) is 6.06. The van der Waals surface area contributed by atoms with E-state index in [9.17, 15) is 4.79 Å². The molecule has 0 radical (unpaired) electrons. The van der Waals surface area contributed by atoms with E-state index in [0.29, 0.717) is 35.8 Å². The van der Waals surface area contributed by atoms with Gasteiger partial charge < -0.3 is 15.4 Å². The highest BCUT2D eigenvalue weighted by Gasteiger charge is 2.39. The smallest absolute Gasteiger partial charge is 0.257 e. The number of fused-ring (bicyclic) bond motifs is 1. The van der Waals surface area contributed by atoms with Gasteiger partial charge in [0.2, 0.25) is 0 Å². The van der Waals surface area contributed by atoms with Crippen LogP contribution in [0, 0.1) is 11.8 Å². The minimum atomic E-state index is 0.0991. The monoisotopic (exact) mass is 288 g/mol. The van der Waals surface area contributed by atoms with Crippen LogP contribution in [-0.4, -0.2) is 36.5 Å². The summed E-state index contributed by atoms with van der Waals surface area (Å²) in [7, 11) is 0. The number of carbonyl (C=O) groups excluding carboxylic acids is 1. The van der Waals surface area contributed by atoms with E-state index in [4.69, 9.17) is 10.5 Å². The van der Waals surface area contributed by atoms with E-state index in [-0.39, 0.29) is 5.91 Å². The lowest BCUT2D eigenvalue weighted by atomic mass is 9.79. The summed E-state index contributed by atoms with van der Waals surface area (Å²) >= 11 is 0. The molecule has 2 fully saturated rings. The lowest BCUT2D eigenvalue weighted by Crippen LogP contribution is -2.32. The summed E-state index contributed by atoms with van der Waals surface area (Å²) in [5.41, 5.74) is 6.75. The summed E-state index contributed by atoms with van der Waals surface area (Å²) in [5.74, 6) is 2.00. The predicted molar refractivity (Wildman–Crippen MR) is 82.3 cm³/mol. The van der Waals surface area contributed by atoms with Crippen LogP contribution < -0.4 is 10.5 Å². The second-order valence-electron chi connectivity index (χ2n) is 6.23. The molecule has 1 amide bonds. The van der Waals surface area contributed by atoms with Gasteiger partial charge in [0.05, 0.1) is 12.2 Å². The number of rotatable bonds is 3. The minimum Gasteiger partial charge on any atom is -0.493 e. The van der Waals surface area contributed by atoms with Gasteiger partial charge in [0.15, 0.2) is 0 Å². The lowest BCUT2D eigenvalue weighted by molar-refractivity contribution is 0.0779. The van der Waals surface area contributed by atoms with Gasteiger partial charge in [-0.2, -0.15) is 0 Å². The van der Waals surface area contributed by atoms with Crippen molar-refractivity contribution in [3.8, 4) is 5.75 Å². The first kappa shape index (κ1) is 14.4. The van der Waals surface area contributed by atoms with Gasteiger partial charge in [-0.3, -0.25) is 4.79 Å². The maximum atomic E-state index is 12.8. The Labute approximate surface area is 126 Å². The van der Waals surface area contributed by atoms with Crippen LogP contribution in [0.5, 0.6) is 5.75 Å². The van der Waals surface area contributed by atoms with Crippen LogP contribution in [0.1, 0.15) is 36.5 Å². The van der Waals surface area contributed by atoms with E-state index in [1.165, 1.54) is 0 Å². The summed E-state index contributed by atoms with van der Waals surface area (Å²) < 4.78 is 5.59. The van der Waals surface area contributed by atoms with Crippen molar-refractivity contribution in [3.05, 3.63) is 29.8 Å². The molecule has 1 heterocycles. The Balaban J connectivity index is 1.74. The fourth-order valence-corrected chi connectivity index (χ4v) is 3.73. The third-order valence-electron chi connectivity index (χ3n) is 4.79. The first-order chi connectivity index (χ1) is 10.2. The molecule has 4 heteroatoms. The molecule has 1 aromatic rings. The molecule has 2 aliphatic rings. The lowest BCUT2D eigenvalue weighted by Gasteiger charge is -2.27. The van der Waals surface area contributed by atoms with E-state index >= 15 is 0 Å². The zero-order valence-corrected chi connectivity index (χ0v) is 12.6. The van der Waals surface area contributed by atoms with Gasteiger partial charge in [0.25, 0.3) is 5.91 Å². The van der Waals surface area contributed by atoms with Crippen molar-refractivity contribution in [1.82, 2.24) is 4.90 Å². The fourth-order valence-electron chi connectivity index (χ4n) is 3.73. The summed E-state index contributed by atoms with van der Waals surface area (Å²) in [6, 6.07) is 7.85. The largest absolute Gasteiger partial charge is 0.493 e. The SMILES string of the molecule is CCOc1ccccc1C(=O)N1C[C@H]2CCC(N)C[C@H]2C1. The maximum Gasteiger partial charge on any atom is 0.257 e. The standard InChI is InChI=1S/C17H24N2O2/c1-2-21-16-6-4-3-5-15(16)17(20)19-10-12-7-8-14(18)9-13(12)11-19/h3-6,12-14H,2,7-11,18H2,1H3/t12-,13+,14?/m1/s1. The molecule has 0 spiro atoms. The third-order valence-corrected chi connectivity index (χ3v) is 4.79. The van der Waals surface area contributed by atoms with Gasteiger partial charge in [0.1, 0.15) is 5.75 Å². The molecule has 3 rings (SSSR count). The second-order valence-corrected chi connectivity index (χ2v) is 6.23. The molecule has 21 heavy (non-hydrogen) atoms.